The Morgan fingerprint density at radius 3 is 2.36 bits per heavy atom. The molecule has 5 atom stereocenters. The lowest BCUT2D eigenvalue weighted by atomic mass is 10.0. The third-order valence-corrected chi connectivity index (χ3v) is 4.44. The van der Waals surface area contributed by atoms with E-state index in [9.17, 15) is 20.1 Å². The summed E-state index contributed by atoms with van der Waals surface area (Å²) in [5.74, 6) is -0.172. The molecular formula is C14H19NO6S. The van der Waals surface area contributed by atoms with E-state index in [1.807, 2.05) is 0 Å². The van der Waals surface area contributed by atoms with Crippen LogP contribution in [0.25, 0.3) is 0 Å². The summed E-state index contributed by atoms with van der Waals surface area (Å²) in [5.41, 5.74) is -0.173. The number of thioether (sulfide) groups is 1. The lowest BCUT2D eigenvalue weighted by Crippen LogP contribution is -2.57. The number of hydrogen-bond donors (Lipinski definition) is 5. The minimum atomic E-state index is -1.39. The first kappa shape index (κ1) is 17.2. The number of carbonyl (C=O) groups is 1. The highest BCUT2D eigenvalue weighted by Gasteiger charge is 2.43. The van der Waals surface area contributed by atoms with E-state index in [0.29, 0.717) is 5.69 Å². The van der Waals surface area contributed by atoms with E-state index in [4.69, 9.17) is 9.84 Å². The molecule has 1 heterocycles. The van der Waals surface area contributed by atoms with Crippen molar-refractivity contribution in [2.24, 2.45) is 0 Å². The Hall–Kier alpha value is -1.16. The monoisotopic (exact) mass is 329 g/mol. The zero-order valence-electron chi connectivity index (χ0n) is 11.9. The summed E-state index contributed by atoms with van der Waals surface area (Å²) in [7, 11) is 0. The number of carbonyl (C=O) groups excluding carboxylic acids is 1. The second-order valence-corrected chi connectivity index (χ2v) is 6.19. The van der Waals surface area contributed by atoms with Crippen LogP contribution in [0.15, 0.2) is 29.2 Å². The predicted octanol–water partition coefficient (Wildman–Crippen LogP) is -0.463. The van der Waals surface area contributed by atoms with Crippen molar-refractivity contribution in [1.29, 1.82) is 0 Å². The number of aliphatic hydroxyl groups excluding tert-OH is 4. The molecule has 122 valence electrons. The van der Waals surface area contributed by atoms with Crippen molar-refractivity contribution in [2.45, 2.75) is 41.7 Å². The molecule has 0 aromatic heterocycles. The molecule has 0 bridgehead atoms. The summed E-state index contributed by atoms with van der Waals surface area (Å²) < 4.78 is 5.41. The molecule has 0 saturated carbocycles. The highest BCUT2D eigenvalue weighted by Crippen LogP contribution is 2.33. The van der Waals surface area contributed by atoms with Gasteiger partial charge in [-0.1, -0.05) is 11.8 Å². The zero-order valence-corrected chi connectivity index (χ0v) is 12.7. The van der Waals surface area contributed by atoms with Crippen LogP contribution in [0.2, 0.25) is 0 Å². The average Bonchev–Trinajstić information content (AvgIpc) is 2.49. The van der Waals surface area contributed by atoms with Gasteiger partial charge in [0.2, 0.25) is 5.91 Å². The first-order valence-corrected chi connectivity index (χ1v) is 7.65. The van der Waals surface area contributed by atoms with E-state index in [2.05, 4.69) is 5.32 Å². The minimum absolute atomic E-state index is 0.172. The predicted molar refractivity (Wildman–Crippen MR) is 80.4 cm³/mol. The van der Waals surface area contributed by atoms with Gasteiger partial charge in [-0.25, -0.2) is 0 Å². The van der Waals surface area contributed by atoms with E-state index < -0.39 is 36.5 Å². The minimum Gasteiger partial charge on any atom is -0.394 e. The molecule has 8 heteroatoms. The van der Waals surface area contributed by atoms with Crippen LogP contribution >= 0.6 is 11.8 Å². The Kier molecular flexibility index (Phi) is 5.79. The van der Waals surface area contributed by atoms with Crippen LogP contribution in [-0.2, 0) is 9.53 Å². The van der Waals surface area contributed by atoms with Gasteiger partial charge in [-0.2, -0.15) is 0 Å². The van der Waals surface area contributed by atoms with Crippen molar-refractivity contribution in [2.75, 3.05) is 11.9 Å². The van der Waals surface area contributed by atoms with Gasteiger partial charge < -0.3 is 30.5 Å². The van der Waals surface area contributed by atoms with Gasteiger partial charge in [0.25, 0.3) is 0 Å². The number of nitrogens with one attached hydrogen (secondary N) is 1. The maximum Gasteiger partial charge on any atom is 0.221 e. The first-order valence-electron chi connectivity index (χ1n) is 6.77. The summed E-state index contributed by atoms with van der Waals surface area (Å²) >= 11 is 1.16. The highest BCUT2D eigenvalue weighted by molar-refractivity contribution is 7.99. The summed E-state index contributed by atoms with van der Waals surface area (Å²) in [6.45, 7) is 0.958. The normalized spacial score (nSPS) is 31.8. The number of amides is 1. The van der Waals surface area contributed by atoms with Crippen molar-refractivity contribution in [3.8, 4) is 0 Å². The number of hydrogen-bond acceptors (Lipinski definition) is 7. The van der Waals surface area contributed by atoms with Gasteiger partial charge in [-0.05, 0) is 24.3 Å². The fourth-order valence-corrected chi connectivity index (χ4v) is 3.18. The third-order valence-electron chi connectivity index (χ3n) is 3.28. The van der Waals surface area contributed by atoms with Gasteiger partial charge in [0.1, 0.15) is 29.9 Å². The van der Waals surface area contributed by atoms with E-state index in [1.165, 1.54) is 6.92 Å². The smallest absolute Gasteiger partial charge is 0.221 e. The zero-order chi connectivity index (χ0) is 16.3. The van der Waals surface area contributed by atoms with E-state index in [0.717, 1.165) is 16.7 Å². The second-order valence-electron chi connectivity index (χ2n) is 5.02. The Labute approximate surface area is 131 Å². The third kappa shape index (κ3) is 3.97. The number of anilines is 1. The molecule has 0 spiro atoms. The molecule has 0 aliphatic carbocycles. The Balaban J connectivity index is 2.04. The molecule has 1 fully saturated rings. The largest absolute Gasteiger partial charge is 0.394 e. The molecule has 1 amide bonds. The number of aliphatic hydroxyl groups is 4. The molecule has 0 radical (unpaired) electrons. The van der Waals surface area contributed by atoms with Gasteiger partial charge in [0.15, 0.2) is 0 Å². The number of benzene rings is 1. The summed E-state index contributed by atoms with van der Waals surface area (Å²) in [6, 6.07) is 6.87. The number of ether oxygens (including phenoxy) is 1. The topological polar surface area (TPSA) is 119 Å². The van der Waals surface area contributed by atoms with Crippen LogP contribution in [0.1, 0.15) is 6.92 Å². The van der Waals surface area contributed by atoms with Crippen LogP contribution in [0.3, 0.4) is 0 Å². The maximum absolute atomic E-state index is 10.9. The lowest BCUT2D eigenvalue weighted by Gasteiger charge is -2.39. The molecule has 22 heavy (non-hydrogen) atoms. The van der Waals surface area contributed by atoms with Crippen LogP contribution in [0.4, 0.5) is 5.69 Å². The van der Waals surface area contributed by atoms with Crippen molar-refractivity contribution in [1.82, 2.24) is 0 Å². The molecular weight excluding hydrogens is 310 g/mol. The van der Waals surface area contributed by atoms with Crippen LogP contribution < -0.4 is 5.32 Å². The van der Waals surface area contributed by atoms with Crippen LogP contribution in [0.5, 0.6) is 0 Å². The van der Waals surface area contributed by atoms with E-state index >= 15 is 0 Å². The quantitative estimate of drug-likeness (QED) is 0.507. The maximum atomic E-state index is 10.9. The van der Waals surface area contributed by atoms with E-state index in [1.54, 1.807) is 24.3 Å². The summed E-state index contributed by atoms with van der Waals surface area (Å²) in [4.78, 5) is 11.7. The van der Waals surface area contributed by atoms with Crippen molar-refractivity contribution >= 4 is 23.4 Å². The Morgan fingerprint density at radius 1 is 1.18 bits per heavy atom. The second kappa shape index (κ2) is 7.40. The fraction of sp³-hybridized carbons (Fsp3) is 0.500. The molecule has 1 aliphatic heterocycles. The first-order chi connectivity index (χ1) is 10.4. The van der Waals surface area contributed by atoms with E-state index in [-0.39, 0.29) is 5.91 Å². The van der Waals surface area contributed by atoms with Crippen molar-refractivity contribution in [3.05, 3.63) is 24.3 Å². The lowest BCUT2D eigenvalue weighted by molar-refractivity contribution is -0.205. The standard InChI is InChI=1S/C14H19NO6S/c1-7(17)15-8-2-4-9(5-3-8)22-14-13(20)12(19)11(18)10(6-16)21-14/h2-5,10-14,16,18-20H,6H2,1H3,(H,15,17)/t10-,11-,12+,13-,14+/m1/s1. The molecule has 2 rings (SSSR count). The molecule has 7 nitrogen and oxygen atoms in total. The average molecular weight is 329 g/mol. The van der Waals surface area contributed by atoms with Crippen molar-refractivity contribution < 1.29 is 30.0 Å². The molecule has 1 saturated heterocycles. The SMILES string of the molecule is CC(=O)Nc1ccc(S[C@@H]2O[C@H](CO)[C@@H](O)[C@H](O)[C@H]2O)cc1. The summed E-state index contributed by atoms with van der Waals surface area (Å²) in [6.07, 6.45) is -4.95. The van der Waals surface area contributed by atoms with Crippen molar-refractivity contribution in [3.63, 3.8) is 0 Å². The Bertz CT molecular complexity index is 509. The van der Waals surface area contributed by atoms with Crippen LogP contribution in [0, 0.1) is 0 Å². The summed E-state index contributed by atoms with van der Waals surface area (Å²) in [5, 5.41) is 41.2. The molecule has 1 aliphatic rings. The fourth-order valence-electron chi connectivity index (χ4n) is 2.12. The molecule has 1 aromatic carbocycles. The van der Waals surface area contributed by atoms with Gasteiger partial charge in [-0.15, -0.1) is 0 Å². The van der Waals surface area contributed by atoms with Gasteiger partial charge in [-0.3, -0.25) is 4.79 Å². The molecule has 1 aromatic rings. The van der Waals surface area contributed by atoms with Crippen LogP contribution in [-0.4, -0.2) is 62.8 Å². The highest BCUT2D eigenvalue weighted by atomic mass is 32.2. The molecule has 5 N–H and O–H groups in total. The Morgan fingerprint density at radius 2 is 1.82 bits per heavy atom. The number of rotatable bonds is 4. The van der Waals surface area contributed by atoms with Gasteiger partial charge in [0.05, 0.1) is 6.61 Å². The van der Waals surface area contributed by atoms with Gasteiger partial charge >= 0.3 is 0 Å². The molecule has 0 unspecified atom stereocenters. The van der Waals surface area contributed by atoms with Gasteiger partial charge in [0, 0.05) is 17.5 Å².